The highest BCUT2D eigenvalue weighted by Crippen LogP contribution is 2.15. The molecule has 0 spiro atoms. The first kappa shape index (κ1) is 11.5. The van der Waals surface area contributed by atoms with Crippen LogP contribution < -0.4 is 0 Å². The first-order valence-corrected chi connectivity index (χ1v) is 5.14. The van der Waals surface area contributed by atoms with E-state index in [2.05, 4.69) is 0 Å². The molecule has 0 aliphatic heterocycles. The fraction of sp³-hybridized carbons (Fsp3) is 0.308. The van der Waals surface area contributed by atoms with Crippen molar-refractivity contribution in [3.05, 3.63) is 48.0 Å². The van der Waals surface area contributed by atoms with E-state index in [9.17, 15) is 4.79 Å². The van der Waals surface area contributed by atoms with Crippen LogP contribution in [0.1, 0.15) is 25.3 Å². The second-order valence-corrected chi connectivity index (χ2v) is 3.31. The predicted octanol–water partition coefficient (Wildman–Crippen LogP) is 2.91. The van der Waals surface area contributed by atoms with Gasteiger partial charge in [-0.05, 0) is 18.4 Å². The van der Waals surface area contributed by atoms with Crippen molar-refractivity contribution in [2.45, 2.75) is 19.8 Å². The molecule has 1 atom stereocenters. The van der Waals surface area contributed by atoms with Gasteiger partial charge in [0.05, 0.1) is 6.61 Å². The fourth-order valence-corrected chi connectivity index (χ4v) is 1.28. The van der Waals surface area contributed by atoms with Crippen LogP contribution in [0.25, 0.3) is 0 Å². The van der Waals surface area contributed by atoms with Crippen LogP contribution in [0.3, 0.4) is 0 Å². The quantitative estimate of drug-likeness (QED) is 0.557. The van der Waals surface area contributed by atoms with Gasteiger partial charge in [-0.3, -0.25) is 0 Å². The smallest absolute Gasteiger partial charge is 0.330 e. The third kappa shape index (κ3) is 3.98. The Morgan fingerprint density at radius 1 is 1.40 bits per heavy atom. The molecule has 0 saturated carbocycles. The molecule has 0 aromatic heterocycles. The topological polar surface area (TPSA) is 26.3 Å². The molecule has 2 heteroatoms. The lowest BCUT2D eigenvalue weighted by atomic mass is 10.0. The van der Waals surface area contributed by atoms with E-state index in [0.717, 1.165) is 0 Å². The molecule has 80 valence electrons. The van der Waals surface area contributed by atoms with Crippen molar-refractivity contribution >= 4 is 5.97 Å². The average Bonchev–Trinajstić information content (AvgIpc) is 2.27. The number of esters is 1. The number of rotatable bonds is 4. The van der Waals surface area contributed by atoms with Crippen molar-refractivity contribution in [1.82, 2.24) is 0 Å². The molecule has 1 aromatic rings. The first-order chi connectivity index (χ1) is 7.24. The third-order valence-electron chi connectivity index (χ3n) is 2.13. The molecule has 0 saturated heterocycles. The summed E-state index contributed by atoms with van der Waals surface area (Å²) >= 11 is 0. The van der Waals surface area contributed by atoms with Gasteiger partial charge in [-0.15, -0.1) is 0 Å². The predicted molar refractivity (Wildman–Crippen MR) is 60.6 cm³/mol. The molecule has 0 fully saturated rings. The van der Waals surface area contributed by atoms with Crippen molar-refractivity contribution in [2.24, 2.45) is 0 Å². The number of benzene rings is 1. The van der Waals surface area contributed by atoms with Crippen LogP contribution >= 0.6 is 0 Å². The van der Waals surface area contributed by atoms with Crippen LogP contribution in [0.4, 0.5) is 0 Å². The zero-order valence-electron chi connectivity index (χ0n) is 9.14. The molecule has 1 aromatic carbocycles. The molecule has 0 bridgehead atoms. The molecule has 1 unspecified atom stereocenters. The minimum absolute atomic E-state index is 0.232. The molecule has 0 heterocycles. The third-order valence-corrected chi connectivity index (χ3v) is 2.13. The Morgan fingerprint density at radius 2 is 2.07 bits per heavy atom. The summed E-state index contributed by atoms with van der Waals surface area (Å²) in [4.78, 5) is 11.1. The Balaban J connectivity index is 2.56. The van der Waals surface area contributed by atoms with Gasteiger partial charge in [0, 0.05) is 6.08 Å². The lowest BCUT2D eigenvalue weighted by Crippen LogP contribution is -2.00. The van der Waals surface area contributed by atoms with Crippen LogP contribution in [0.15, 0.2) is 42.5 Å². The van der Waals surface area contributed by atoms with E-state index < -0.39 is 0 Å². The van der Waals surface area contributed by atoms with Crippen LogP contribution in [0, 0.1) is 0 Å². The zero-order chi connectivity index (χ0) is 11.1. The summed E-state index contributed by atoms with van der Waals surface area (Å²) in [6.07, 6.45) is 3.34. The van der Waals surface area contributed by atoms with E-state index in [1.54, 1.807) is 6.92 Å². The van der Waals surface area contributed by atoms with Crippen molar-refractivity contribution in [1.29, 1.82) is 0 Å². The Bertz CT molecular complexity index is 328. The standard InChI is InChI=1S/C13H16O2/c1-3-15-13(14)10-9-11(2)12-7-5-4-6-8-12/h4-11H,3H2,1-2H3/b10-9+. The summed E-state index contributed by atoms with van der Waals surface area (Å²) < 4.78 is 4.80. The maximum atomic E-state index is 11.1. The minimum Gasteiger partial charge on any atom is -0.463 e. The number of ether oxygens (including phenoxy) is 1. The molecule has 2 nitrogen and oxygen atoms in total. The second-order valence-electron chi connectivity index (χ2n) is 3.31. The van der Waals surface area contributed by atoms with E-state index in [-0.39, 0.29) is 11.9 Å². The number of carbonyl (C=O) groups excluding carboxylic acids is 1. The van der Waals surface area contributed by atoms with Crippen molar-refractivity contribution < 1.29 is 9.53 Å². The van der Waals surface area contributed by atoms with E-state index in [1.165, 1.54) is 11.6 Å². The summed E-state index contributed by atoms with van der Waals surface area (Å²) in [5, 5.41) is 0. The summed E-state index contributed by atoms with van der Waals surface area (Å²) in [5.74, 6) is -0.0455. The molecule has 0 radical (unpaired) electrons. The van der Waals surface area contributed by atoms with Crippen molar-refractivity contribution in [3.63, 3.8) is 0 Å². The highest BCUT2D eigenvalue weighted by Gasteiger charge is 2.01. The minimum atomic E-state index is -0.278. The average molecular weight is 204 g/mol. The van der Waals surface area contributed by atoms with Gasteiger partial charge in [0.2, 0.25) is 0 Å². The Labute approximate surface area is 90.6 Å². The molecule has 15 heavy (non-hydrogen) atoms. The van der Waals surface area contributed by atoms with Gasteiger partial charge >= 0.3 is 5.97 Å². The molecule has 0 N–H and O–H groups in total. The molecule has 0 aliphatic carbocycles. The van der Waals surface area contributed by atoms with Crippen molar-refractivity contribution in [3.8, 4) is 0 Å². The Hall–Kier alpha value is -1.57. The van der Waals surface area contributed by atoms with Gasteiger partial charge in [0.1, 0.15) is 0 Å². The van der Waals surface area contributed by atoms with Crippen molar-refractivity contribution in [2.75, 3.05) is 6.61 Å². The molecular formula is C13H16O2. The highest BCUT2D eigenvalue weighted by atomic mass is 16.5. The van der Waals surface area contributed by atoms with Gasteiger partial charge in [-0.25, -0.2) is 4.79 Å². The fourth-order valence-electron chi connectivity index (χ4n) is 1.28. The van der Waals surface area contributed by atoms with Crippen LogP contribution in [-0.4, -0.2) is 12.6 Å². The monoisotopic (exact) mass is 204 g/mol. The first-order valence-electron chi connectivity index (χ1n) is 5.14. The molecule has 0 aliphatic rings. The SMILES string of the molecule is CCOC(=O)/C=C/C(C)c1ccccc1. The Morgan fingerprint density at radius 3 is 2.67 bits per heavy atom. The van der Waals surface area contributed by atoms with Crippen LogP contribution in [0.5, 0.6) is 0 Å². The Kier molecular flexibility index (Phi) is 4.61. The maximum absolute atomic E-state index is 11.1. The number of hydrogen-bond acceptors (Lipinski definition) is 2. The van der Waals surface area contributed by atoms with Crippen LogP contribution in [-0.2, 0) is 9.53 Å². The van der Waals surface area contributed by atoms with Gasteiger partial charge in [-0.2, -0.15) is 0 Å². The van der Waals surface area contributed by atoms with Gasteiger partial charge < -0.3 is 4.74 Å². The molecular weight excluding hydrogens is 188 g/mol. The summed E-state index contributed by atoms with van der Waals surface area (Å²) in [5.41, 5.74) is 1.19. The second kappa shape index (κ2) is 6.02. The summed E-state index contributed by atoms with van der Waals surface area (Å²) in [6, 6.07) is 10.0. The summed E-state index contributed by atoms with van der Waals surface area (Å²) in [7, 11) is 0. The van der Waals surface area contributed by atoms with E-state index in [4.69, 9.17) is 4.74 Å². The lowest BCUT2D eigenvalue weighted by Gasteiger charge is -2.05. The molecule has 0 amide bonds. The highest BCUT2D eigenvalue weighted by molar-refractivity contribution is 5.82. The number of carbonyl (C=O) groups is 1. The number of allylic oxidation sites excluding steroid dienone is 1. The zero-order valence-corrected chi connectivity index (χ0v) is 9.14. The normalized spacial score (nSPS) is 12.7. The van der Waals surface area contributed by atoms with E-state index in [1.807, 2.05) is 43.3 Å². The van der Waals surface area contributed by atoms with Gasteiger partial charge in [-0.1, -0.05) is 43.3 Å². The molecule has 1 rings (SSSR count). The largest absolute Gasteiger partial charge is 0.463 e. The lowest BCUT2D eigenvalue weighted by molar-refractivity contribution is -0.137. The maximum Gasteiger partial charge on any atom is 0.330 e. The van der Waals surface area contributed by atoms with E-state index in [0.29, 0.717) is 6.61 Å². The van der Waals surface area contributed by atoms with E-state index >= 15 is 0 Å². The van der Waals surface area contributed by atoms with Crippen LogP contribution in [0.2, 0.25) is 0 Å². The van der Waals surface area contributed by atoms with Gasteiger partial charge in [0.15, 0.2) is 0 Å². The van der Waals surface area contributed by atoms with Gasteiger partial charge in [0.25, 0.3) is 0 Å². The summed E-state index contributed by atoms with van der Waals surface area (Å²) in [6.45, 7) is 4.26. The number of hydrogen-bond donors (Lipinski definition) is 0.